The number of hydrogen-bond donors (Lipinski definition) is 1. The third kappa shape index (κ3) is 3.42. The van der Waals surface area contributed by atoms with Gasteiger partial charge in [-0.2, -0.15) is 0 Å². The highest BCUT2D eigenvalue weighted by Crippen LogP contribution is 2.41. The minimum Gasteiger partial charge on any atom is -0.507 e. The minimum absolute atomic E-state index is 0.0431. The molecule has 25 heavy (non-hydrogen) atoms. The number of hydrogen-bond acceptors (Lipinski definition) is 5. The van der Waals surface area contributed by atoms with E-state index in [1.54, 1.807) is 36.7 Å². The van der Waals surface area contributed by atoms with Crippen LogP contribution in [0.5, 0.6) is 11.5 Å². The van der Waals surface area contributed by atoms with Gasteiger partial charge in [-0.1, -0.05) is 18.2 Å². The van der Waals surface area contributed by atoms with Crippen LogP contribution < -0.4 is 4.74 Å². The Bertz CT molecular complexity index is 911. The summed E-state index contributed by atoms with van der Waals surface area (Å²) in [5, 5.41) is 21.8. The van der Waals surface area contributed by atoms with E-state index in [0.717, 1.165) is 5.56 Å². The fourth-order valence-electron chi connectivity index (χ4n) is 2.70. The Morgan fingerprint density at radius 2 is 1.92 bits per heavy atom. The van der Waals surface area contributed by atoms with Gasteiger partial charge in [0.05, 0.1) is 17.6 Å². The van der Waals surface area contributed by atoms with Crippen LogP contribution in [0.4, 0.5) is 5.69 Å². The summed E-state index contributed by atoms with van der Waals surface area (Å²) in [5.41, 5.74) is 2.63. The lowest BCUT2D eigenvalue weighted by Crippen LogP contribution is -1.95. The summed E-state index contributed by atoms with van der Waals surface area (Å²) in [5.74, 6) is 0.508. The van der Waals surface area contributed by atoms with Crippen molar-refractivity contribution in [2.45, 2.75) is 6.42 Å². The molecule has 0 bridgehead atoms. The highest BCUT2D eigenvalue weighted by Gasteiger charge is 2.18. The number of methoxy groups -OCH3 is 1. The molecule has 2 aromatic carbocycles. The number of non-ortho nitro benzene ring substituents is 1. The number of aromatic hydroxyl groups is 1. The maximum absolute atomic E-state index is 11.0. The van der Waals surface area contributed by atoms with Gasteiger partial charge in [-0.05, 0) is 34.9 Å². The highest BCUT2D eigenvalue weighted by molar-refractivity contribution is 5.79. The molecule has 6 heteroatoms. The van der Waals surface area contributed by atoms with E-state index in [2.05, 4.69) is 4.98 Å². The summed E-state index contributed by atoms with van der Waals surface area (Å²) in [7, 11) is 1.50. The lowest BCUT2D eigenvalue weighted by Gasteiger charge is -2.14. The van der Waals surface area contributed by atoms with Crippen molar-refractivity contribution < 1.29 is 14.8 Å². The van der Waals surface area contributed by atoms with E-state index in [0.29, 0.717) is 28.9 Å². The van der Waals surface area contributed by atoms with Crippen molar-refractivity contribution in [2.24, 2.45) is 0 Å². The van der Waals surface area contributed by atoms with Gasteiger partial charge in [0.2, 0.25) is 0 Å². The van der Waals surface area contributed by atoms with E-state index in [-0.39, 0.29) is 11.4 Å². The predicted octanol–water partition coefficient (Wildman–Crippen LogP) is 3.96. The van der Waals surface area contributed by atoms with E-state index < -0.39 is 4.92 Å². The van der Waals surface area contributed by atoms with Gasteiger partial charge in [0.25, 0.3) is 5.69 Å². The first kappa shape index (κ1) is 16.4. The van der Waals surface area contributed by atoms with Crippen LogP contribution in [0.15, 0.2) is 60.9 Å². The number of benzene rings is 2. The van der Waals surface area contributed by atoms with Crippen molar-refractivity contribution in [2.75, 3.05) is 7.11 Å². The second-order valence-corrected chi connectivity index (χ2v) is 5.49. The molecule has 0 atom stereocenters. The van der Waals surface area contributed by atoms with Crippen LogP contribution in [0, 0.1) is 10.1 Å². The van der Waals surface area contributed by atoms with E-state index in [1.807, 2.05) is 12.1 Å². The summed E-state index contributed by atoms with van der Waals surface area (Å²) in [6.07, 6.45) is 3.90. The number of aromatic nitrogens is 1. The molecule has 126 valence electrons. The van der Waals surface area contributed by atoms with Crippen molar-refractivity contribution in [3.8, 4) is 22.6 Å². The molecule has 0 aliphatic rings. The predicted molar refractivity (Wildman–Crippen MR) is 93.8 cm³/mol. The van der Waals surface area contributed by atoms with Crippen LogP contribution in [0.2, 0.25) is 0 Å². The van der Waals surface area contributed by atoms with Gasteiger partial charge in [-0.3, -0.25) is 15.1 Å². The highest BCUT2D eigenvalue weighted by atomic mass is 16.6. The molecule has 6 nitrogen and oxygen atoms in total. The van der Waals surface area contributed by atoms with Gasteiger partial charge in [-0.25, -0.2) is 0 Å². The Hall–Kier alpha value is -3.41. The van der Waals surface area contributed by atoms with Crippen LogP contribution in [-0.4, -0.2) is 22.1 Å². The SMILES string of the molecule is COc1ccc(Cc2ccncc2)c(O)c1-c1cccc([N+](=O)[O-])c1. The second kappa shape index (κ2) is 7.00. The maximum Gasteiger partial charge on any atom is 0.270 e. The third-order valence-electron chi connectivity index (χ3n) is 3.93. The molecule has 3 rings (SSSR count). The monoisotopic (exact) mass is 336 g/mol. The number of rotatable bonds is 5. The van der Waals surface area contributed by atoms with E-state index in [4.69, 9.17) is 4.74 Å². The smallest absolute Gasteiger partial charge is 0.270 e. The lowest BCUT2D eigenvalue weighted by molar-refractivity contribution is -0.384. The lowest BCUT2D eigenvalue weighted by atomic mass is 9.96. The Kier molecular flexibility index (Phi) is 4.61. The first-order valence-corrected chi connectivity index (χ1v) is 7.62. The normalized spacial score (nSPS) is 10.4. The zero-order chi connectivity index (χ0) is 17.8. The summed E-state index contributed by atoms with van der Waals surface area (Å²) in [6.45, 7) is 0. The van der Waals surface area contributed by atoms with Gasteiger partial charge in [0, 0.05) is 30.9 Å². The molecule has 0 aliphatic heterocycles. The molecule has 0 aliphatic carbocycles. The minimum atomic E-state index is -0.464. The van der Waals surface area contributed by atoms with Gasteiger partial charge < -0.3 is 9.84 Å². The van der Waals surface area contributed by atoms with E-state index in [1.165, 1.54) is 19.2 Å². The van der Waals surface area contributed by atoms with E-state index >= 15 is 0 Å². The second-order valence-electron chi connectivity index (χ2n) is 5.49. The third-order valence-corrected chi connectivity index (χ3v) is 3.93. The maximum atomic E-state index is 11.0. The van der Waals surface area contributed by atoms with Crippen LogP contribution in [0.3, 0.4) is 0 Å². The molecular formula is C19H16N2O4. The van der Waals surface area contributed by atoms with Crippen molar-refractivity contribution in [1.29, 1.82) is 0 Å². The fraction of sp³-hybridized carbons (Fsp3) is 0.105. The molecule has 0 spiro atoms. The average molecular weight is 336 g/mol. The fourth-order valence-corrected chi connectivity index (χ4v) is 2.70. The van der Waals surface area contributed by atoms with Gasteiger partial charge in [0.15, 0.2) is 0 Å². The molecule has 0 unspecified atom stereocenters. The molecule has 0 saturated heterocycles. The largest absolute Gasteiger partial charge is 0.507 e. The summed E-state index contributed by atoms with van der Waals surface area (Å²) < 4.78 is 5.35. The summed E-state index contributed by atoms with van der Waals surface area (Å²) in [6, 6.07) is 13.4. The Morgan fingerprint density at radius 1 is 1.16 bits per heavy atom. The van der Waals surface area contributed by atoms with Crippen LogP contribution in [-0.2, 0) is 6.42 Å². The molecule has 0 saturated carbocycles. The molecule has 1 aromatic heterocycles. The standard InChI is InChI=1S/C19H16N2O4/c1-25-17-6-5-15(11-13-7-9-20-10-8-13)19(22)18(17)14-3-2-4-16(12-14)21(23)24/h2-10,12,22H,11H2,1H3. The number of pyridine rings is 1. The number of phenolic OH excluding ortho intramolecular Hbond substituents is 1. The van der Waals surface area contributed by atoms with Gasteiger partial charge in [0.1, 0.15) is 11.5 Å². The number of phenols is 1. The van der Waals surface area contributed by atoms with Crippen molar-refractivity contribution >= 4 is 5.69 Å². The van der Waals surface area contributed by atoms with Crippen LogP contribution >= 0.6 is 0 Å². The van der Waals surface area contributed by atoms with Crippen LogP contribution in [0.25, 0.3) is 11.1 Å². The average Bonchev–Trinajstić information content (AvgIpc) is 2.64. The Balaban J connectivity index is 2.10. The first-order valence-electron chi connectivity index (χ1n) is 7.62. The molecule has 0 radical (unpaired) electrons. The molecule has 1 heterocycles. The van der Waals surface area contributed by atoms with Crippen molar-refractivity contribution in [1.82, 2.24) is 4.98 Å². The number of nitro benzene ring substituents is 1. The van der Waals surface area contributed by atoms with Crippen molar-refractivity contribution in [3.63, 3.8) is 0 Å². The Morgan fingerprint density at radius 3 is 2.60 bits per heavy atom. The molecule has 0 amide bonds. The molecule has 0 fully saturated rings. The summed E-state index contributed by atoms with van der Waals surface area (Å²) in [4.78, 5) is 14.6. The molecule has 3 aromatic rings. The summed E-state index contributed by atoms with van der Waals surface area (Å²) >= 11 is 0. The van der Waals surface area contributed by atoms with Gasteiger partial charge >= 0.3 is 0 Å². The van der Waals surface area contributed by atoms with Crippen LogP contribution in [0.1, 0.15) is 11.1 Å². The van der Waals surface area contributed by atoms with Gasteiger partial charge in [-0.15, -0.1) is 0 Å². The van der Waals surface area contributed by atoms with Crippen molar-refractivity contribution in [3.05, 3.63) is 82.2 Å². The number of ether oxygens (including phenoxy) is 1. The Labute approximate surface area is 144 Å². The molecule has 1 N–H and O–H groups in total. The topological polar surface area (TPSA) is 85.5 Å². The zero-order valence-electron chi connectivity index (χ0n) is 13.5. The quantitative estimate of drug-likeness (QED) is 0.563. The number of nitrogens with zero attached hydrogens (tertiary/aromatic N) is 2. The first-order chi connectivity index (χ1) is 12.1. The number of nitro groups is 1. The van der Waals surface area contributed by atoms with E-state index in [9.17, 15) is 15.2 Å². The molecular weight excluding hydrogens is 320 g/mol. The zero-order valence-corrected chi connectivity index (χ0v) is 13.5.